The maximum atomic E-state index is 13.0. The Labute approximate surface area is 168 Å². The van der Waals surface area contributed by atoms with E-state index in [2.05, 4.69) is 15.9 Å². The summed E-state index contributed by atoms with van der Waals surface area (Å²) in [6, 6.07) is 14.1. The molecule has 0 saturated heterocycles. The molecule has 0 spiro atoms. The summed E-state index contributed by atoms with van der Waals surface area (Å²) in [4.78, 5) is 26.8. The lowest BCUT2D eigenvalue weighted by Crippen LogP contribution is -2.43. The van der Waals surface area contributed by atoms with Crippen LogP contribution in [0.3, 0.4) is 0 Å². The van der Waals surface area contributed by atoms with Crippen molar-refractivity contribution in [1.82, 2.24) is 0 Å². The molecule has 0 aromatic heterocycles. The van der Waals surface area contributed by atoms with Crippen molar-refractivity contribution in [2.75, 3.05) is 19.1 Å². The molecule has 6 heteroatoms. The summed E-state index contributed by atoms with van der Waals surface area (Å²) < 4.78 is 10.3. The van der Waals surface area contributed by atoms with Crippen molar-refractivity contribution >= 4 is 33.4 Å². The highest BCUT2D eigenvalue weighted by Crippen LogP contribution is 2.25. The second-order valence-corrected chi connectivity index (χ2v) is 7.42. The highest BCUT2D eigenvalue weighted by molar-refractivity contribution is 9.10. The number of carbonyl (C=O) groups excluding carboxylic acids is 2. The lowest BCUT2D eigenvalue weighted by atomic mass is 10.1. The van der Waals surface area contributed by atoms with Gasteiger partial charge < -0.3 is 9.47 Å². The van der Waals surface area contributed by atoms with Gasteiger partial charge in [0, 0.05) is 0 Å². The summed E-state index contributed by atoms with van der Waals surface area (Å²) in [6.07, 6.45) is 0.111. The number of hydrogen-bond donors (Lipinski definition) is 0. The largest absolute Gasteiger partial charge is 0.497 e. The van der Waals surface area contributed by atoms with E-state index in [4.69, 9.17) is 9.47 Å². The molecular weight excluding hydrogens is 410 g/mol. The van der Waals surface area contributed by atoms with E-state index in [1.165, 1.54) is 4.90 Å². The topological polar surface area (TPSA) is 55.8 Å². The van der Waals surface area contributed by atoms with Gasteiger partial charge in [-0.15, -0.1) is 0 Å². The zero-order valence-corrected chi connectivity index (χ0v) is 17.5. The van der Waals surface area contributed by atoms with Crippen LogP contribution < -0.4 is 14.4 Å². The van der Waals surface area contributed by atoms with Crippen LogP contribution in [0, 0.1) is 5.92 Å². The molecule has 2 aromatic rings. The monoisotopic (exact) mass is 433 g/mol. The maximum absolute atomic E-state index is 13.0. The predicted octanol–water partition coefficient (Wildman–Crippen LogP) is 4.23. The van der Waals surface area contributed by atoms with Crippen molar-refractivity contribution in [3.05, 3.63) is 54.1 Å². The normalized spacial score (nSPS) is 11.8. The molecule has 0 fully saturated rings. The average molecular weight is 434 g/mol. The first-order chi connectivity index (χ1) is 12.9. The zero-order valence-electron chi connectivity index (χ0n) is 15.9. The molecule has 0 aliphatic rings. The molecule has 0 bridgehead atoms. The molecule has 27 heavy (non-hydrogen) atoms. The van der Waals surface area contributed by atoms with Gasteiger partial charge in [0.1, 0.15) is 11.5 Å². The number of rotatable bonds is 7. The van der Waals surface area contributed by atoms with E-state index in [1.54, 1.807) is 50.6 Å². The lowest BCUT2D eigenvalue weighted by molar-refractivity contribution is -0.126. The van der Waals surface area contributed by atoms with E-state index in [0.717, 1.165) is 11.3 Å². The zero-order chi connectivity index (χ0) is 20.0. The highest BCUT2D eigenvalue weighted by Gasteiger charge is 2.30. The van der Waals surface area contributed by atoms with Crippen LogP contribution in [0.15, 0.2) is 48.5 Å². The van der Waals surface area contributed by atoms with Crippen LogP contribution in [0.5, 0.6) is 11.5 Å². The molecule has 0 N–H and O–H groups in total. The van der Waals surface area contributed by atoms with Crippen LogP contribution >= 0.6 is 15.9 Å². The third-order valence-corrected chi connectivity index (χ3v) is 5.59. The third-order valence-electron chi connectivity index (χ3n) is 4.14. The summed E-state index contributed by atoms with van der Waals surface area (Å²) in [5.74, 6) is 0.851. The van der Waals surface area contributed by atoms with Crippen LogP contribution in [0.2, 0.25) is 0 Å². The fourth-order valence-corrected chi connectivity index (χ4v) is 2.74. The van der Waals surface area contributed by atoms with Crippen LogP contribution in [-0.2, 0) is 16.0 Å². The number of benzene rings is 2. The lowest BCUT2D eigenvalue weighted by Gasteiger charge is -2.25. The Kier molecular flexibility index (Phi) is 7.42. The molecule has 2 amide bonds. The first-order valence-corrected chi connectivity index (χ1v) is 9.56. The third kappa shape index (κ3) is 5.32. The number of carbonyl (C=O) groups is 2. The maximum Gasteiger partial charge on any atom is 0.247 e. The Hall–Kier alpha value is -2.34. The van der Waals surface area contributed by atoms with E-state index in [1.807, 2.05) is 26.0 Å². The predicted molar refractivity (Wildman–Crippen MR) is 110 cm³/mol. The molecule has 2 aromatic carbocycles. The summed E-state index contributed by atoms with van der Waals surface area (Å²) in [5.41, 5.74) is 1.33. The molecule has 1 unspecified atom stereocenters. The van der Waals surface area contributed by atoms with Gasteiger partial charge in [-0.3, -0.25) is 9.59 Å². The summed E-state index contributed by atoms with van der Waals surface area (Å²) in [6.45, 7) is 3.86. The number of imide groups is 1. The van der Waals surface area contributed by atoms with Crippen molar-refractivity contribution < 1.29 is 19.1 Å². The van der Waals surface area contributed by atoms with Crippen LogP contribution in [0.1, 0.15) is 19.4 Å². The average Bonchev–Trinajstić information content (AvgIpc) is 2.68. The van der Waals surface area contributed by atoms with Crippen molar-refractivity contribution in [2.45, 2.75) is 25.1 Å². The van der Waals surface area contributed by atoms with E-state index < -0.39 is 4.83 Å². The number of methoxy groups -OCH3 is 2. The molecule has 0 heterocycles. The van der Waals surface area contributed by atoms with Gasteiger partial charge in [-0.1, -0.05) is 41.9 Å². The Morgan fingerprint density at radius 2 is 1.41 bits per heavy atom. The summed E-state index contributed by atoms with van der Waals surface area (Å²) >= 11 is 3.42. The molecule has 0 aliphatic heterocycles. The van der Waals surface area contributed by atoms with E-state index in [-0.39, 0.29) is 24.2 Å². The molecule has 0 aliphatic carbocycles. The van der Waals surface area contributed by atoms with Gasteiger partial charge in [0.2, 0.25) is 11.8 Å². The number of amides is 2. The Balaban J connectivity index is 2.31. The van der Waals surface area contributed by atoms with Crippen LogP contribution in [0.25, 0.3) is 0 Å². The Bertz CT molecular complexity index is 772. The molecule has 5 nitrogen and oxygen atoms in total. The molecule has 0 saturated carbocycles. The van der Waals surface area contributed by atoms with Gasteiger partial charge in [0.25, 0.3) is 0 Å². The Morgan fingerprint density at radius 3 is 1.85 bits per heavy atom. The first kappa shape index (κ1) is 21.0. The van der Waals surface area contributed by atoms with E-state index >= 15 is 0 Å². The van der Waals surface area contributed by atoms with Gasteiger partial charge in [0.15, 0.2) is 0 Å². The smallest absolute Gasteiger partial charge is 0.247 e. The summed E-state index contributed by atoms with van der Waals surface area (Å²) in [5, 5.41) is 0. The van der Waals surface area contributed by atoms with Gasteiger partial charge in [0.05, 0.1) is 31.2 Å². The van der Waals surface area contributed by atoms with Crippen molar-refractivity contribution in [3.8, 4) is 11.5 Å². The summed E-state index contributed by atoms with van der Waals surface area (Å²) in [7, 11) is 3.16. The van der Waals surface area contributed by atoms with Crippen molar-refractivity contribution in [2.24, 2.45) is 5.92 Å². The molecule has 1 atom stereocenters. The van der Waals surface area contributed by atoms with Crippen molar-refractivity contribution in [3.63, 3.8) is 0 Å². The van der Waals surface area contributed by atoms with Gasteiger partial charge in [-0.05, 0) is 47.9 Å². The Morgan fingerprint density at radius 1 is 0.926 bits per heavy atom. The minimum absolute atomic E-state index is 0.0482. The molecule has 0 radical (unpaired) electrons. The quantitative estimate of drug-likeness (QED) is 0.613. The number of halogens is 1. The minimum atomic E-state index is -0.459. The van der Waals surface area contributed by atoms with Gasteiger partial charge in [-0.25, -0.2) is 4.90 Å². The van der Waals surface area contributed by atoms with Crippen LogP contribution in [0.4, 0.5) is 5.69 Å². The van der Waals surface area contributed by atoms with Crippen molar-refractivity contribution in [1.29, 1.82) is 0 Å². The molecular formula is C21H24BrNO4. The highest BCUT2D eigenvalue weighted by atomic mass is 79.9. The number of hydrogen-bond acceptors (Lipinski definition) is 4. The van der Waals surface area contributed by atoms with Gasteiger partial charge >= 0.3 is 0 Å². The van der Waals surface area contributed by atoms with E-state index in [9.17, 15) is 9.59 Å². The number of nitrogens with zero attached hydrogens (tertiary/aromatic N) is 1. The number of alkyl halides is 1. The fourth-order valence-electron chi connectivity index (χ4n) is 2.53. The number of ether oxygens (including phenoxy) is 2. The van der Waals surface area contributed by atoms with E-state index in [0.29, 0.717) is 11.4 Å². The second-order valence-electron chi connectivity index (χ2n) is 6.44. The first-order valence-electron chi connectivity index (χ1n) is 8.65. The molecule has 2 rings (SSSR count). The minimum Gasteiger partial charge on any atom is -0.497 e. The fraction of sp³-hybridized carbons (Fsp3) is 0.333. The standard InChI is InChI=1S/C21H24BrNO4/c1-14(2)20(22)21(25)23(16-7-11-18(27-4)12-8-16)19(24)13-15-5-9-17(26-3)10-6-15/h5-12,14,20H,13H2,1-4H3. The SMILES string of the molecule is COc1ccc(CC(=O)N(C(=O)C(Br)C(C)C)c2ccc(OC)cc2)cc1. The van der Waals surface area contributed by atoms with Gasteiger partial charge in [-0.2, -0.15) is 0 Å². The van der Waals surface area contributed by atoms with Crippen LogP contribution in [-0.4, -0.2) is 30.9 Å². The second kappa shape index (κ2) is 9.55. The number of anilines is 1. The molecule has 144 valence electrons.